The van der Waals surface area contributed by atoms with Gasteiger partial charge in [0, 0.05) is 17.4 Å². The number of hydrogen-bond donors (Lipinski definition) is 2. The van der Waals surface area contributed by atoms with Gasteiger partial charge in [-0.3, -0.25) is 4.79 Å². The molecule has 0 spiro atoms. The molecule has 0 bridgehead atoms. The van der Waals surface area contributed by atoms with Crippen molar-refractivity contribution in [3.8, 4) is 0 Å². The Hall–Kier alpha value is -0.440. The lowest BCUT2D eigenvalue weighted by Crippen LogP contribution is -2.28. The molecular weight excluding hydrogens is 146 g/mol. The summed E-state index contributed by atoms with van der Waals surface area (Å²) in [6, 6.07) is 0. The number of hydrogen-bond acceptors (Lipinski definition) is 2. The standard InChI is InChI=1S/C7H12NOS/c1-5(2)7(9)8-4-6(3)10/h6,10H,1,3-4H2,2H3,(H,8,9). The second-order valence-corrected chi connectivity index (χ2v) is 2.87. The maximum atomic E-state index is 10.8. The molecule has 0 rings (SSSR count). The molecule has 1 amide bonds. The number of nitrogens with one attached hydrogen (secondary N) is 1. The molecular formula is C7H12NOS. The SMILES string of the molecule is [CH2]C(S)CNC(=O)C(=C)C. The summed E-state index contributed by atoms with van der Waals surface area (Å²) >= 11 is 3.99. The van der Waals surface area contributed by atoms with E-state index in [0.717, 1.165) is 0 Å². The minimum atomic E-state index is -0.136. The van der Waals surface area contributed by atoms with Gasteiger partial charge in [0.1, 0.15) is 0 Å². The highest BCUT2D eigenvalue weighted by atomic mass is 32.1. The van der Waals surface area contributed by atoms with Crippen LogP contribution in [0, 0.1) is 6.92 Å². The van der Waals surface area contributed by atoms with E-state index < -0.39 is 0 Å². The van der Waals surface area contributed by atoms with Crippen molar-refractivity contribution in [2.75, 3.05) is 6.54 Å². The Labute approximate surface area is 67.1 Å². The van der Waals surface area contributed by atoms with Gasteiger partial charge in [-0.2, -0.15) is 12.6 Å². The van der Waals surface area contributed by atoms with Crippen LogP contribution in [0.3, 0.4) is 0 Å². The minimum Gasteiger partial charge on any atom is -0.351 e. The molecule has 0 fully saturated rings. The Morgan fingerprint density at radius 3 is 2.60 bits per heavy atom. The van der Waals surface area contributed by atoms with E-state index >= 15 is 0 Å². The number of carbonyl (C=O) groups is 1. The molecule has 57 valence electrons. The molecule has 0 aliphatic heterocycles. The summed E-state index contributed by atoms with van der Waals surface area (Å²) in [5.74, 6) is -0.136. The minimum absolute atomic E-state index is 0.0525. The quantitative estimate of drug-likeness (QED) is 0.462. The molecule has 0 aromatic carbocycles. The Morgan fingerprint density at radius 1 is 1.80 bits per heavy atom. The van der Waals surface area contributed by atoms with Gasteiger partial charge in [-0.1, -0.05) is 6.58 Å². The fraction of sp³-hybridized carbons (Fsp3) is 0.429. The van der Waals surface area contributed by atoms with Crippen LogP contribution in [0.4, 0.5) is 0 Å². The molecule has 1 unspecified atom stereocenters. The van der Waals surface area contributed by atoms with Crippen molar-refractivity contribution < 1.29 is 4.79 Å². The Morgan fingerprint density at radius 2 is 2.30 bits per heavy atom. The lowest BCUT2D eigenvalue weighted by Gasteiger charge is -2.05. The van der Waals surface area contributed by atoms with Crippen LogP contribution < -0.4 is 5.32 Å². The van der Waals surface area contributed by atoms with Gasteiger partial charge in [-0.05, 0) is 13.8 Å². The topological polar surface area (TPSA) is 29.1 Å². The maximum absolute atomic E-state index is 10.8. The van der Waals surface area contributed by atoms with Gasteiger partial charge in [0.05, 0.1) is 0 Å². The van der Waals surface area contributed by atoms with E-state index in [1.165, 1.54) is 0 Å². The van der Waals surface area contributed by atoms with Gasteiger partial charge in [-0.25, -0.2) is 0 Å². The zero-order valence-corrected chi connectivity index (χ0v) is 6.95. The van der Waals surface area contributed by atoms with Gasteiger partial charge in [0.15, 0.2) is 0 Å². The highest BCUT2D eigenvalue weighted by Gasteiger charge is 2.00. The zero-order valence-electron chi connectivity index (χ0n) is 6.05. The molecule has 0 aliphatic carbocycles. The van der Waals surface area contributed by atoms with E-state index in [0.29, 0.717) is 12.1 Å². The monoisotopic (exact) mass is 158 g/mol. The van der Waals surface area contributed by atoms with Crippen molar-refractivity contribution in [3.63, 3.8) is 0 Å². The van der Waals surface area contributed by atoms with Crippen LogP contribution in [0.2, 0.25) is 0 Å². The summed E-state index contributed by atoms with van der Waals surface area (Å²) in [6.07, 6.45) is 0. The molecule has 0 aromatic rings. The fourth-order valence-electron chi connectivity index (χ4n) is 0.361. The maximum Gasteiger partial charge on any atom is 0.246 e. The average Bonchev–Trinajstić information content (AvgIpc) is 1.82. The van der Waals surface area contributed by atoms with Crippen molar-refractivity contribution in [1.82, 2.24) is 5.32 Å². The first kappa shape index (κ1) is 9.56. The van der Waals surface area contributed by atoms with E-state index in [-0.39, 0.29) is 11.2 Å². The first-order valence-corrected chi connectivity index (χ1v) is 3.50. The summed E-state index contributed by atoms with van der Waals surface area (Å²) in [6.45, 7) is 9.20. The number of rotatable bonds is 3. The van der Waals surface area contributed by atoms with Crippen molar-refractivity contribution in [3.05, 3.63) is 19.1 Å². The molecule has 3 heteroatoms. The van der Waals surface area contributed by atoms with Crippen molar-refractivity contribution in [1.29, 1.82) is 0 Å². The van der Waals surface area contributed by atoms with Gasteiger partial charge in [0.2, 0.25) is 5.91 Å². The van der Waals surface area contributed by atoms with E-state index in [1.807, 2.05) is 0 Å². The van der Waals surface area contributed by atoms with Gasteiger partial charge < -0.3 is 5.32 Å². The van der Waals surface area contributed by atoms with Crippen LogP contribution in [-0.2, 0) is 4.79 Å². The molecule has 0 aromatic heterocycles. The largest absolute Gasteiger partial charge is 0.351 e. The van der Waals surface area contributed by atoms with Crippen LogP contribution in [0.25, 0.3) is 0 Å². The van der Waals surface area contributed by atoms with Crippen molar-refractivity contribution in [2.45, 2.75) is 12.2 Å². The highest BCUT2D eigenvalue weighted by Crippen LogP contribution is 1.90. The molecule has 0 saturated heterocycles. The summed E-state index contributed by atoms with van der Waals surface area (Å²) in [7, 11) is 0. The molecule has 10 heavy (non-hydrogen) atoms. The zero-order chi connectivity index (χ0) is 8.15. The number of carbonyl (C=O) groups excluding carboxylic acids is 1. The summed E-state index contributed by atoms with van der Waals surface area (Å²) < 4.78 is 0. The Balaban J connectivity index is 3.50. The predicted molar refractivity (Wildman–Crippen MR) is 46.0 cm³/mol. The average molecular weight is 158 g/mol. The molecule has 0 aliphatic rings. The van der Waals surface area contributed by atoms with Crippen molar-refractivity contribution in [2.24, 2.45) is 0 Å². The molecule has 0 saturated carbocycles. The second-order valence-electron chi connectivity index (χ2n) is 2.14. The third kappa shape index (κ3) is 4.44. The van der Waals surface area contributed by atoms with Crippen LogP contribution in [0.1, 0.15) is 6.92 Å². The lowest BCUT2D eigenvalue weighted by atomic mass is 10.3. The van der Waals surface area contributed by atoms with Crippen LogP contribution in [0.5, 0.6) is 0 Å². The first-order chi connectivity index (χ1) is 4.54. The van der Waals surface area contributed by atoms with E-state index in [2.05, 4.69) is 31.4 Å². The molecule has 1 radical (unpaired) electrons. The molecule has 2 nitrogen and oxygen atoms in total. The smallest absolute Gasteiger partial charge is 0.246 e. The first-order valence-electron chi connectivity index (χ1n) is 2.99. The number of thiol groups is 1. The Bertz CT molecular complexity index is 143. The highest BCUT2D eigenvalue weighted by molar-refractivity contribution is 7.81. The third-order valence-corrected chi connectivity index (χ3v) is 1.07. The summed E-state index contributed by atoms with van der Waals surface area (Å²) in [5, 5.41) is 2.55. The summed E-state index contributed by atoms with van der Waals surface area (Å²) in [4.78, 5) is 10.8. The van der Waals surface area contributed by atoms with Crippen LogP contribution >= 0.6 is 12.6 Å². The molecule has 0 heterocycles. The second kappa shape index (κ2) is 4.39. The third-order valence-electron chi connectivity index (χ3n) is 0.886. The Kier molecular flexibility index (Phi) is 4.19. The van der Waals surface area contributed by atoms with E-state index in [1.54, 1.807) is 6.92 Å². The normalized spacial score (nSPS) is 12.3. The molecule has 1 N–H and O–H groups in total. The van der Waals surface area contributed by atoms with E-state index in [4.69, 9.17) is 0 Å². The fourth-order valence-corrected chi connectivity index (χ4v) is 0.453. The van der Waals surface area contributed by atoms with Crippen LogP contribution in [0.15, 0.2) is 12.2 Å². The van der Waals surface area contributed by atoms with Gasteiger partial charge in [0.25, 0.3) is 0 Å². The predicted octanol–water partition coefficient (Wildman–Crippen LogP) is 0.811. The van der Waals surface area contributed by atoms with Crippen molar-refractivity contribution >= 4 is 18.5 Å². The number of amides is 1. The molecule has 1 atom stereocenters. The summed E-state index contributed by atoms with van der Waals surface area (Å²) in [5.41, 5.74) is 0.508. The van der Waals surface area contributed by atoms with Crippen LogP contribution in [-0.4, -0.2) is 17.7 Å². The van der Waals surface area contributed by atoms with Gasteiger partial charge in [-0.15, -0.1) is 0 Å². The van der Waals surface area contributed by atoms with E-state index in [9.17, 15) is 4.79 Å². The lowest BCUT2D eigenvalue weighted by molar-refractivity contribution is -0.117. The van der Waals surface area contributed by atoms with Gasteiger partial charge >= 0.3 is 0 Å².